The molecular weight excluding hydrogens is 236 g/mol. The van der Waals surface area contributed by atoms with Gasteiger partial charge in [-0.1, -0.05) is 0 Å². The van der Waals surface area contributed by atoms with Crippen LogP contribution in [0, 0.1) is 13.8 Å². The molecule has 5 heteroatoms. The highest BCUT2D eigenvalue weighted by atomic mass is 35.7. The highest BCUT2D eigenvalue weighted by molar-refractivity contribution is 8.13. The highest BCUT2D eigenvalue weighted by Crippen LogP contribution is 2.28. The van der Waals surface area contributed by atoms with E-state index in [2.05, 4.69) is 0 Å². The van der Waals surface area contributed by atoms with Crippen molar-refractivity contribution < 1.29 is 13.2 Å². The number of benzene rings is 1. The summed E-state index contributed by atoms with van der Waals surface area (Å²) in [4.78, 5) is 0.144. The molecule has 0 unspecified atom stereocenters. The smallest absolute Gasteiger partial charge is 0.261 e. The SMILES string of the molecule is CCOc1ccc(S(=O)(=O)Cl)c(C)c1C. The van der Waals surface area contributed by atoms with Crippen LogP contribution in [-0.2, 0) is 9.05 Å². The molecule has 1 aromatic carbocycles. The van der Waals surface area contributed by atoms with Crippen LogP contribution in [0.3, 0.4) is 0 Å². The van der Waals surface area contributed by atoms with Crippen molar-refractivity contribution in [2.75, 3.05) is 6.61 Å². The van der Waals surface area contributed by atoms with Crippen molar-refractivity contribution in [3.63, 3.8) is 0 Å². The van der Waals surface area contributed by atoms with Crippen molar-refractivity contribution >= 4 is 19.7 Å². The van der Waals surface area contributed by atoms with Gasteiger partial charge in [0, 0.05) is 10.7 Å². The number of ether oxygens (including phenoxy) is 1. The number of hydrogen-bond acceptors (Lipinski definition) is 3. The monoisotopic (exact) mass is 248 g/mol. The maximum atomic E-state index is 11.2. The third-order valence-electron chi connectivity index (χ3n) is 2.25. The van der Waals surface area contributed by atoms with Crippen molar-refractivity contribution in [3.05, 3.63) is 23.3 Å². The summed E-state index contributed by atoms with van der Waals surface area (Å²) in [5.41, 5.74) is 1.44. The second-order valence-corrected chi connectivity index (χ2v) is 5.72. The molecule has 0 amide bonds. The fourth-order valence-electron chi connectivity index (χ4n) is 1.35. The zero-order valence-electron chi connectivity index (χ0n) is 8.87. The Kier molecular flexibility index (Phi) is 3.62. The molecule has 0 saturated heterocycles. The Morgan fingerprint density at radius 2 is 1.87 bits per heavy atom. The molecule has 0 radical (unpaired) electrons. The Hall–Kier alpha value is -0.740. The minimum absolute atomic E-state index is 0.144. The molecule has 0 aliphatic heterocycles. The molecule has 0 fully saturated rings. The molecule has 84 valence electrons. The summed E-state index contributed by atoms with van der Waals surface area (Å²) < 4.78 is 27.7. The van der Waals surface area contributed by atoms with Crippen molar-refractivity contribution in [1.29, 1.82) is 0 Å². The van der Waals surface area contributed by atoms with Crippen molar-refractivity contribution in [2.45, 2.75) is 25.7 Å². The number of rotatable bonds is 3. The lowest BCUT2D eigenvalue weighted by atomic mass is 10.1. The van der Waals surface area contributed by atoms with E-state index in [-0.39, 0.29) is 4.90 Å². The molecule has 1 rings (SSSR count). The Labute approximate surface area is 94.4 Å². The lowest BCUT2D eigenvalue weighted by Gasteiger charge is -2.11. The second-order valence-electron chi connectivity index (χ2n) is 3.18. The standard InChI is InChI=1S/C10H13ClO3S/c1-4-14-9-5-6-10(15(11,12)13)8(3)7(9)2/h5-6H,4H2,1-3H3. The van der Waals surface area contributed by atoms with E-state index in [0.717, 1.165) is 5.56 Å². The normalized spacial score (nSPS) is 11.5. The summed E-state index contributed by atoms with van der Waals surface area (Å²) in [5, 5.41) is 0. The molecule has 0 aromatic heterocycles. The van der Waals surface area contributed by atoms with E-state index in [1.165, 1.54) is 6.07 Å². The average molecular weight is 249 g/mol. The van der Waals surface area contributed by atoms with Gasteiger partial charge in [-0.15, -0.1) is 0 Å². The fourth-order valence-corrected chi connectivity index (χ4v) is 2.60. The maximum Gasteiger partial charge on any atom is 0.261 e. The maximum absolute atomic E-state index is 11.2. The van der Waals surface area contributed by atoms with Crippen molar-refractivity contribution in [3.8, 4) is 5.75 Å². The van der Waals surface area contributed by atoms with Crippen LogP contribution >= 0.6 is 10.7 Å². The Morgan fingerprint density at radius 1 is 1.27 bits per heavy atom. The molecule has 0 spiro atoms. The first kappa shape index (κ1) is 12.3. The summed E-state index contributed by atoms with van der Waals surface area (Å²) in [5.74, 6) is 0.694. The van der Waals surface area contributed by atoms with E-state index >= 15 is 0 Å². The van der Waals surface area contributed by atoms with Crippen LogP contribution in [0.5, 0.6) is 5.75 Å². The van der Waals surface area contributed by atoms with Crippen molar-refractivity contribution in [1.82, 2.24) is 0 Å². The van der Waals surface area contributed by atoms with Crippen LogP contribution in [0.2, 0.25) is 0 Å². The van der Waals surface area contributed by atoms with E-state index < -0.39 is 9.05 Å². The van der Waals surface area contributed by atoms with Gasteiger partial charge in [0.15, 0.2) is 0 Å². The number of hydrogen-bond donors (Lipinski definition) is 0. The third kappa shape index (κ3) is 2.63. The first-order valence-electron chi connectivity index (χ1n) is 4.55. The van der Waals surface area contributed by atoms with Gasteiger partial charge in [-0.05, 0) is 44.0 Å². The topological polar surface area (TPSA) is 43.4 Å². The van der Waals surface area contributed by atoms with E-state index in [9.17, 15) is 8.42 Å². The van der Waals surface area contributed by atoms with Gasteiger partial charge in [-0.2, -0.15) is 0 Å². The average Bonchev–Trinajstić information content (AvgIpc) is 2.11. The summed E-state index contributed by atoms with van der Waals surface area (Å²) in [7, 11) is 1.63. The van der Waals surface area contributed by atoms with Crippen LogP contribution < -0.4 is 4.74 Å². The van der Waals surface area contributed by atoms with Crippen LogP contribution in [0.1, 0.15) is 18.1 Å². The van der Waals surface area contributed by atoms with Gasteiger partial charge >= 0.3 is 0 Å². The summed E-state index contributed by atoms with van der Waals surface area (Å²) in [6.07, 6.45) is 0. The quantitative estimate of drug-likeness (QED) is 0.773. The molecule has 3 nitrogen and oxygen atoms in total. The summed E-state index contributed by atoms with van der Waals surface area (Å²) >= 11 is 0. The van der Waals surface area contributed by atoms with E-state index in [0.29, 0.717) is 17.9 Å². The Balaban J connectivity index is 3.34. The van der Waals surface area contributed by atoms with E-state index in [1.807, 2.05) is 13.8 Å². The molecule has 1 aromatic rings. The van der Waals surface area contributed by atoms with E-state index in [4.69, 9.17) is 15.4 Å². The van der Waals surface area contributed by atoms with Gasteiger partial charge in [0.2, 0.25) is 0 Å². The van der Waals surface area contributed by atoms with Crippen LogP contribution in [0.25, 0.3) is 0 Å². The predicted molar refractivity (Wildman–Crippen MR) is 60.1 cm³/mol. The van der Waals surface area contributed by atoms with Crippen LogP contribution in [0.4, 0.5) is 0 Å². The molecule has 0 aliphatic rings. The molecule has 0 saturated carbocycles. The largest absolute Gasteiger partial charge is 0.494 e. The molecule has 0 atom stereocenters. The Bertz CT molecular complexity index is 466. The first-order chi connectivity index (χ1) is 6.88. The van der Waals surface area contributed by atoms with Gasteiger partial charge in [0.25, 0.3) is 9.05 Å². The fraction of sp³-hybridized carbons (Fsp3) is 0.400. The summed E-state index contributed by atoms with van der Waals surface area (Å²) in [6, 6.07) is 3.09. The number of halogens is 1. The predicted octanol–water partition coefficient (Wildman–Crippen LogP) is 2.63. The van der Waals surface area contributed by atoms with Crippen LogP contribution in [-0.4, -0.2) is 15.0 Å². The minimum atomic E-state index is -3.67. The van der Waals surface area contributed by atoms with Gasteiger partial charge < -0.3 is 4.74 Å². The molecular formula is C10H13ClO3S. The first-order valence-corrected chi connectivity index (χ1v) is 6.86. The van der Waals surface area contributed by atoms with Gasteiger partial charge in [0.1, 0.15) is 5.75 Å². The zero-order chi connectivity index (χ0) is 11.6. The van der Waals surface area contributed by atoms with Gasteiger partial charge in [-0.3, -0.25) is 0 Å². The molecule has 0 bridgehead atoms. The lowest BCUT2D eigenvalue weighted by molar-refractivity contribution is 0.337. The molecule has 15 heavy (non-hydrogen) atoms. The molecule has 0 heterocycles. The minimum Gasteiger partial charge on any atom is -0.494 e. The molecule has 0 N–H and O–H groups in total. The highest BCUT2D eigenvalue weighted by Gasteiger charge is 2.16. The van der Waals surface area contributed by atoms with Gasteiger partial charge in [-0.25, -0.2) is 8.42 Å². The summed E-state index contributed by atoms with van der Waals surface area (Å²) in [6.45, 7) is 5.95. The zero-order valence-corrected chi connectivity index (χ0v) is 10.4. The Morgan fingerprint density at radius 3 is 2.33 bits per heavy atom. The van der Waals surface area contributed by atoms with Gasteiger partial charge in [0.05, 0.1) is 11.5 Å². The van der Waals surface area contributed by atoms with Crippen LogP contribution in [0.15, 0.2) is 17.0 Å². The second kappa shape index (κ2) is 4.41. The van der Waals surface area contributed by atoms with Crippen molar-refractivity contribution in [2.24, 2.45) is 0 Å². The molecule has 0 aliphatic carbocycles. The van der Waals surface area contributed by atoms with E-state index in [1.54, 1.807) is 13.0 Å². The third-order valence-corrected chi connectivity index (χ3v) is 3.72. The lowest BCUT2D eigenvalue weighted by Crippen LogP contribution is -2.00.